The summed E-state index contributed by atoms with van der Waals surface area (Å²) in [6.07, 6.45) is -4.14. The fraction of sp³-hybridized carbons (Fsp3) is 0.571. The molecule has 18 heavy (non-hydrogen) atoms. The standard InChI is InChI=1S/C14H19F3O/c1-11-4-6-12(7-5-11)8-9-13(18)3-2-10-14(15,16)17/h4-7,13,18H,2-3,8-10H2,1H3. The quantitative estimate of drug-likeness (QED) is 0.819. The Balaban J connectivity index is 2.21. The van der Waals surface area contributed by atoms with Crippen LogP contribution in [0.25, 0.3) is 0 Å². The number of hydrogen-bond acceptors (Lipinski definition) is 1. The highest BCUT2D eigenvalue weighted by Crippen LogP contribution is 2.23. The maximum absolute atomic E-state index is 11.9. The second kappa shape index (κ2) is 6.78. The fourth-order valence-electron chi connectivity index (χ4n) is 1.77. The zero-order valence-electron chi connectivity index (χ0n) is 10.5. The summed E-state index contributed by atoms with van der Waals surface area (Å²) >= 11 is 0. The summed E-state index contributed by atoms with van der Waals surface area (Å²) in [4.78, 5) is 0. The number of aryl methyl sites for hydroxylation is 2. The van der Waals surface area contributed by atoms with Crippen LogP contribution in [-0.4, -0.2) is 17.4 Å². The molecule has 0 aliphatic carbocycles. The van der Waals surface area contributed by atoms with E-state index in [1.807, 2.05) is 31.2 Å². The van der Waals surface area contributed by atoms with Crippen molar-refractivity contribution >= 4 is 0 Å². The first-order valence-electron chi connectivity index (χ1n) is 6.17. The highest BCUT2D eigenvalue weighted by molar-refractivity contribution is 5.21. The van der Waals surface area contributed by atoms with Crippen molar-refractivity contribution in [1.82, 2.24) is 0 Å². The summed E-state index contributed by atoms with van der Waals surface area (Å²) in [7, 11) is 0. The van der Waals surface area contributed by atoms with Crippen molar-refractivity contribution in [3.63, 3.8) is 0 Å². The summed E-state index contributed by atoms with van der Waals surface area (Å²) in [5.74, 6) is 0. The van der Waals surface area contributed by atoms with E-state index in [-0.39, 0.29) is 12.8 Å². The van der Waals surface area contributed by atoms with Gasteiger partial charge in [0.15, 0.2) is 0 Å². The van der Waals surface area contributed by atoms with Crippen LogP contribution in [-0.2, 0) is 6.42 Å². The van der Waals surface area contributed by atoms with Gasteiger partial charge in [-0.05, 0) is 38.2 Å². The largest absolute Gasteiger partial charge is 0.393 e. The van der Waals surface area contributed by atoms with Crippen molar-refractivity contribution in [3.8, 4) is 0 Å². The van der Waals surface area contributed by atoms with Crippen LogP contribution in [0.1, 0.15) is 36.8 Å². The Hall–Kier alpha value is -1.03. The van der Waals surface area contributed by atoms with Gasteiger partial charge in [-0.15, -0.1) is 0 Å². The highest BCUT2D eigenvalue weighted by atomic mass is 19.4. The zero-order chi connectivity index (χ0) is 13.6. The number of rotatable bonds is 6. The third-order valence-electron chi connectivity index (χ3n) is 2.88. The molecule has 1 rings (SSSR count). The first kappa shape index (κ1) is 15.0. The van der Waals surface area contributed by atoms with E-state index < -0.39 is 18.7 Å². The summed E-state index contributed by atoms with van der Waals surface area (Å²) in [5.41, 5.74) is 2.28. The van der Waals surface area contributed by atoms with E-state index >= 15 is 0 Å². The van der Waals surface area contributed by atoms with Gasteiger partial charge in [-0.25, -0.2) is 0 Å². The Morgan fingerprint density at radius 2 is 1.72 bits per heavy atom. The van der Waals surface area contributed by atoms with Crippen LogP contribution in [0.3, 0.4) is 0 Å². The van der Waals surface area contributed by atoms with Crippen molar-refractivity contribution in [2.75, 3.05) is 0 Å². The minimum atomic E-state index is -4.11. The van der Waals surface area contributed by atoms with Gasteiger partial charge >= 0.3 is 6.18 Å². The van der Waals surface area contributed by atoms with E-state index in [2.05, 4.69) is 0 Å². The number of halogens is 3. The predicted octanol–water partition coefficient (Wildman–Crippen LogP) is 4.02. The average Bonchev–Trinajstić information content (AvgIpc) is 2.26. The SMILES string of the molecule is Cc1ccc(CCC(O)CCCC(F)(F)F)cc1. The van der Waals surface area contributed by atoms with Gasteiger partial charge in [-0.1, -0.05) is 29.8 Å². The average molecular weight is 260 g/mol. The first-order valence-corrected chi connectivity index (χ1v) is 6.17. The molecule has 0 saturated carbocycles. The lowest BCUT2D eigenvalue weighted by atomic mass is 10.0. The van der Waals surface area contributed by atoms with Crippen LogP contribution in [0.4, 0.5) is 13.2 Å². The van der Waals surface area contributed by atoms with Crippen molar-refractivity contribution in [2.45, 2.75) is 51.3 Å². The number of hydrogen-bond donors (Lipinski definition) is 1. The lowest BCUT2D eigenvalue weighted by Crippen LogP contribution is -2.12. The number of benzene rings is 1. The number of alkyl halides is 3. The Labute approximate surface area is 106 Å². The normalized spacial score (nSPS) is 13.6. The molecule has 1 nitrogen and oxygen atoms in total. The van der Waals surface area contributed by atoms with Crippen LogP contribution >= 0.6 is 0 Å². The van der Waals surface area contributed by atoms with Gasteiger partial charge < -0.3 is 5.11 Å². The summed E-state index contributed by atoms with van der Waals surface area (Å²) in [6.45, 7) is 2.00. The van der Waals surface area contributed by atoms with E-state index in [4.69, 9.17) is 0 Å². The maximum Gasteiger partial charge on any atom is 0.389 e. The zero-order valence-corrected chi connectivity index (χ0v) is 10.5. The van der Waals surface area contributed by atoms with Gasteiger partial charge in [0.05, 0.1) is 6.10 Å². The van der Waals surface area contributed by atoms with Gasteiger partial charge in [-0.3, -0.25) is 0 Å². The monoisotopic (exact) mass is 260 g/mol. The van der Waals surface area contributed by atoms with Gasteiger partial charge in [0.2, 0.25) is 0 Å². The Bertz CT molecular complexity index is 343. The molecular formula is C14H19F3O. The molecule has 1 unspecified atom stereocenters. The molecular weight excluding hydrogens is 241 g/mol. The molecule has 1 aromatic carbocycles. The second-order valence-corrected chi connectivity index (χ2v) is 4.69. The summed E-state index contributed by atoms with van der Waals surface area (Å²) in [5, 5.41) is 9.59. The van der Waals surface area contributed by atoms with E-state index in [1.165, 1.54) is 5.56 Å². The maximum atomic E-state index is 11.9. The topological polar surface area (TPSA) is 20.2 Å². The van der Waals surface area contributed by atoms with Crippen molar-refractivity contribution in [1.29, 1.82) is 0 Å². The van der Waals surface area contributed by atoms with Crippen molar-refractivity contribution in [2.24, 2.45) is 0 Å². The molecule has 0 aliphatic heterocycles. The molecule has 1 aromatic rings. The second-order valence-electron chi connectivity index (χ2n) is 4.69. The third kappa shape index (κ3) is 6.64. The first-order chi connectivity index (χ1) is 8.37. The molecule has 1 atom stereocenters. The molecule has 0 amide bonds. The van der Waals surface area contributed by atoms with E-state index in [0.29, 0.717) is 12.8 Å². The van der Waals surface area contributed by atoms with Crippen LogP contribution in [0.2, 0.25) is 0 Å². The summed E-state index contributed by atoms with van der Waals surface area (Å²) in [6, 6.07) is 7.95. The molecule has 1 N–H and O–H groups in total. The van der Waals surface area contributed by atoms with Crippen LogP contribution in [0.15, 0.2) is 24.3 Å². The Kier molecular flexibility index (Phi) is 5.66. The highest BCUT2D eigenvalue weighted by Gasteiger charge is 2.26. The molecule has 0 fully saturated rings. The number of aliphatic hydroxyl groups is 1. The molecule has 0 saturated heterocycles. The number of aliphatic hydroxyl groups excluding tert-OH is 1. The molecule has 0 radical (unpaired) electrons. The lowest BCUT2D eigenvalue weighted by Gasteiger charge is -2.11. The van der Waals surface area contributed by atoms with Crippen LogP contribution in [0, 0.1) is 6.92 Å². The molecule has 0 spiro atoms. The van der Waals surface area contributed by atoms with Gasteiger partial charge in [0, 0.05) is 6.42 Å². The Morgan fingerprint density at radius 3 is 2.28 bits per heavy atom. The van der Waals surface area contributed by atoms with Gasteiger partial charge in [-0.2, -0.15) is 13.2 Å². The molecule has 0 bridgehead atoms. The molecule has 102 valence electrons. The van der Waals surface area contributed by atoms with Gasteiger partial charge in [0.1, 0.15) is 0 Å². The molecule has 4 heteroatoms. The summed E-state index contributed by atoms with van der Waals surface area (Å²) < 4.78 is 35.7. The third-order valence-corrected chi connectivity index (χ3v) is 2.88. The fourth-order valence-corrected chi connectivity index (χ4v) is 1.77. The predicted molar refractivity (Wildman–Crippen MR) is 65.4 cm³/mol. The van der Waals surface area contributed by atoms with Crippen LogP contribution in [0.5, 0.6) is 0 Å². The van der Waals surface area contributed by atoms with E-state index in [0.717, 1.165) is 5.56 Å². The smallest absolute Gasteiger partial charge is 0.389 e. The van der Waals surface area contributed by atoms with Gasteiger partial charge in [0.25, 0.3) is 0 Å². The molecule has 0 heterocycles. The van der Waals surface area contributed by atoms with Crippen molar-refractivity contribution < 1.29 is 18.3 Å². The molecule has 0 aromatic heterocycles. The molecule has 0 aliphatic rings. The van der Waals surface area contributed by atoms with Crippen LogP contribution < -0.4 is 0 Å². The Morgan fingerprint density at radius 1 is 1.11 bits per heavy atom. The lowest BCUT2D eigenvalue weighted by molar-refractivity contribution is -0.136. The minimum absolute atomic E-state index is 0.00142. The minimum Gasteiger partial charge on any atom is -0.393 e. The van der Waals surface area contributed by atoms with E-state index in [1.54, 1.807) is 0 Å². The van der Waals surface area contributed by atoms with Crippen molar-refractivity contribution in [3.05, 3.63) is 35.4 Å². The van der Waals surface area contributed by atoms with E-state index in [9.17, 15) is 18.3 Å².